The van der Waals surface area contributed by atoms with Gasteiger partial charge >= 0.3 is 0 Å². The fourth-order valence-corrected chi connectivity index (χ4v) is 4.87. The summed E-state index contributed by atoms with van der Waals surface area (Å²) in [4.78, 5) is 27.6. The van der Waals surface area contributed by atoms with Crippen LogP contribution < -0.4 is 9.62 Å². The number of aryl methyl sites for hydroxylation is 1. The number of hydrogen-bond acceptors (Lipinski definition) is 4. The molecule has 0 aliphatic carbocycles. The maximum absolute atomic E-state index is 13.3. The van der Waals surface area contributed by atoms with Gasteiger partial charge in [0.25, 0.3) is 0 Å². The molecule has 2 aromatic rings. The van der Waals surface area contributed by atoms with E-state index in [4.69, 9.17) is 23.2 Å². The highest BCUT2D eigenvalue weighted by molar-refractivity contribution is 7.92. The Morgan fingerprint density at radius 3 is 2.19 bits per heavy atom. The van der Waals surface area contributed by atoms with E-state index >= 15 is 0 Å². The van der Waals surface area contributed by atoms with Crippen LogP contribution in [0.2, 0.25) is 10.0 Å². The molecule has 10 heteroatoms. The van der Waals surface area contributed by atoms with Gasteiger partial charge in [0.2, 0.25) is 21.8 Å². The third kappa shape index (κ3) is 8.98. The first-order valence-electron chi connectivity index (χ1n) is 11.8. The van der Waals surface area contributed by atoms with Crippen LogP contribution in [0.25, 0.3) is 0 Å². The predicted octanol–water partition coefficient (Wildman–Crippen LogP) is 5.04. The van der Waals surface area contributed by atoms with Crippen molar-refractivity contribution in [2.45, 2.75) is 53.1 Å². The second-order valence-electron chi connectivity index (χ2n) is 9.36. The number of anilines is 1. The van der Waals surface area contributed by atoms with Crippen LogP contribution in [0, 0.1) is 12.8 Å². The predicted molar refractivity (Wildman–Crippen MR) is 147 cm³/mol. The highest BCUT2D eigenvalue weighted by Gasteiger charge is 2.27. The second-order valence-corrected chi connectivity index (χ2v) is 12.1. The quantitative estimate of drug-likeness (QED) is 0.397. The molecule has 0 aliphatic rings. The minimum absolute atomic E-state index is 0.0704. The zero-order valence-electron chi connectivity index (χ0n) is 21.4. The lowest BCUT2D eigenvalue weighted by molar-refractivity contribution is -0.140. The summed E-state index contributed by atoms with van der Waals surface area (Å²) in [6.07, 6.45) is 1.51. The van der Waals surface area contributed by atoms with Gasteiger partial charge in [-0.2, -0.15) is 0 Å². The third-order valence-electron chi connectivity index (χ3n) is 5.66. The summed E-state index contributed by atoms with van der Waals surface area (Å²) in [5, 5.41) is 3.64. The van der Waals surface area contributed by atoms with E-state index in [1.54, 1.807) is 37.3 Å². The Kier molecular flexibility index (Phi) is 11.1. The van der Waals surface area contributed by atoms with Gasteiger partial charge in [-0.25, -0.2) is 8.42 Å². The van der Waals surface area contributed by atoms with Crippen molar-refractivity contribution in [2.24, 2.45) is 5.92 Å². The molecule has 198 valence electrons. The molecule has 0 spiro atoms. The Morgan fingerprint density at radius 2 is 1.64 bits per heavy atom. The van der Waals surface area contributed by atoms with E-state index in [0.29, 0.717) is 22.3 Å². The van der Waals surface area contributed by atoms with Crippen molar-refractivity contribution in [3.63, 3.8) is 0 Å². The summed E-state index contributed by atoms with van der Waals surface area (Å²) in [5.41, 5.74) is 2.30. The van der Waals surface area contributed by atoms with Gasteiger partial charge in [-0.15, -0.1) is 0 Å². The zero-order chi connectivity index (χ0) is 27.0. The lowest BCUT2D eigenvalue weighted by atomic mass is 10.1. The average molecular weight is 557 g/mol. The van der Waals surface area contributed by atoms with Crippen LogP contribution in [-0.4, -0.2) is 50.5 Å². The molecule has 0 aliphatic heterocycles. The van der Waals surface area contributed by atoms with E-state index in [1.165, 1.54) is 9.21 Å². The molecule has 0 unspecified atom stereocenters. The summed E-state index contributed by atoms with van der Waals surface area (Å²) in [6.45, 7) is 8.39. The van der Waals surface area contributed by atoms with E-state index in [-0.39, 0.29) is 43.7 Å². The van der Waals surface area contributed by atoms with Gasteiger partial charge in [0, 0.05) is 26.1 Å². The molecule has 0 saturated carbocycles. The number of benzene rings is 2. The highest BCUT2D eigenvalue weighted by atomic mass is 35.5. The Morgan fingerprint density at radius 1 is 1.00 bits per heavy atom. The van der Waals surface area contributed by atoms with Crippen molar-refractivity contribution < 1.29 is 18.0 Å². The molecule has 7 nitrogen and oxygen atoms in total. The number of nitrogens with zero attached hydrogens (tertiary/aromatic N) is 2. The van der Waals surface area contributed by atoms with Crippen LogP contribution in [0.15, 0.2) is 42.5 Å². The van der Waals surface area contributed by atoms with Gasteiger partial charge in [0.1, 0.15) is 6.04 Å². The van der Waals surface area contributed by atoms with Crippen molar-refractivity contribution in [1.82, 2.24) is 10.2 Å². The van der Waals surface area contributed by atoms with Crippen molar-refractivity contribution in [2.75, 3.05) is 23.7 Å². The number of rotatable bonds is 12. The molecule has 0 fully saturated rings. The lowest BCUT2D eigenvalue weighted by Gasteiger charge is -2.30. The van der Waals surface area contributed by atoms with E-state index in [2.05, 4.69) is 5.32 Å². The molecule has 0 saturated heterocycles. The number of amides is 2. The van der Waals surface area contributed by atoms with Gasteiger partial charge in [0.05, 0.1) is 22.0 Å². The maximum atomic E-state index is 13.3. The molecular formula is C26H35Cl2N3O4S. The van der Waals surface area contributed by atoms with E-state index in [1.807, 2.05) is 32.9 Å². The standard InChI is InChI=1S/C26H35Cl2N3O4S/c1-18(2)16-29-26(33)20(4)30(17-21-10-13-23(27)24(28)15-21)25(32)7-6-14-31(36(5,34)35)22-11-8-19(3)9-12-22/h8-13,15,18,20H,6-7,14,16-17H2,1-5H3,(H,29,33)/t20-/m0/s1. The van der Waals surface area contributed by atoms with Gasteiger partial charge in [-0.3, -0.25) is 13.9 Å². The van der Waals surface area contributed by atoms with Crippen LogP contribution in [0.5, 0.6) is 0 Å². The monoisotopic (exact) mass is 555 g/mol. The van der Waals surface area contributed by atoms with Gasteiger partial charge in [-0.1, -0.05) is 60.8 Å². The van der Waals surface area contributed by atoms with Gasteiger partial charge in [-0.05, 0) is 56.0 Å². The molecule has 0 radical (unpaired) electrons. The van der Waals surface area contributed by atoms with Gasteiger partial charge < -0.3 is 10.2 Å². The Hall–Kier alpha value is -2.29. The molecule has 0 aromatic heterocycles. The molecule has 0 bridgehead atoms. The van der Waals surface area contributed by atoms with Crippen molar-refractivity contribution in [1.29, 1.82) is 0 Å². The molecule has 0 heterocycles. The normalized spacial score (nSPS) is 12.3. The number of hydrogen-bond donors (Lipinski definition) is 1. The zero-order valence-corrected chi connectivity index (χ0v) is 23.8. The van der Waals surface area contributed by atoms with Crippen molar-refractivity contribution in [3.8, 4) is 0 Å². The minimum atomic E-state index is -3.53. The fraction of sp³-hybridized carbons (Fsp3) is 0.462. The molecule has 2 aromatic carbocycles. The Balaban J connectivity index is 2.18. The molecule has 2 rings (SSSR count). The molecular weight excluding hydrogens is 521 g/mol. The SMILES string of the molecule is Cc1ccc(N(CCCC(=O)N(Cc2ccc(Cl)c(Cl)c2)[C@@H](C)C(=O)NCC(C)C)S(C)(=O)=O)cc1. The first-order valence-corrected chi connectivity index (χ1v) is 14.5. The summed E-state index contributed by atoms with van der Waals surface area (Å²) in [6, 6.07) is 11.5. The summed E-state index contributed by atoms with van der Waals surface area (Å²) >= 11 is 12.2. The summed E-state index contributed by atoms with van der Waals surface area (Å²) in [5.74, 6) is -0.246. The highest BCUT2D eigenvalue weighted by Crippen LogP contribution is 2.24. The summed E-state index contributed by atoms with van der Waals surface area (Å²) < 4.78 is 26.1. The first-order chi connectivity index (χ1) is 16.8. The van der Waals surface area contributed by atoms with Crippen molar-refractivity contribution in [3.05, 3.63) is 63.6 Å². The number of sulfonamides is 1. The minimum Gasteiger partial charge on any atom is -0.354 e. The van der Waals surface area contributed by atoms with Crippen LogP contribution >= 0.6 is 23.2 Å². The molecule has 1 N–H and O–H groups in total. The smallest absolute Gasteiger partial charge is 0.242 e. The van der Waals surface area contributed by atoms with Crippen LogP contribution in [-0.2, 0) is 26.2 Å². The largest absolute Gasteiger partial charge is 0.354 e. The molecule has 1 atom stereocenters. The van der Waals surface area contributed by atoms with E-state index in [9.17, 15) is 18.0 Å². The van der Waals surface area contributed by atoms with Crippen molar-refractivity contribution >= 4 is 50.7 Å². The van der Waals surface area contributed by atoms with Crippen LogP contribution in [0.4, 0.5) is 5.69 Å². The Bertz CT molecular complexity index is 1150. The van der Waals surface area contributed by atoms with E-state index < -0.39 is 16.1 Å². The fourth-order valence-electron chi connectivity index (χ4n) is 3.58. The Labute approximate surface area is 224 Å². The topological polar surface area (TPSA) is 86.8 Å². The molecule has 2 amide bonds. The van der Waals surface area contributed by atoms with E-state index in [0.717, 1.165) is 17.4 Å². The first kappa shape index (κ1) is 29.9. The number of nitrogens with one attached hydrogen (secondary N) is 1. The third-order valence-corrected chi connectivity index (χ3v) is 7.60. The number of carbonyl (C=O) groups is 2. The number of halogens is 2. The average Bonchev–Trinajstić information content (AvgIpc) is 2.80. The maximum Gasteiger partial charge on any atom is 0.242 e. The van der Waals surface area contributed by atoms with Gasteiger partial charge in [0.15, 0.2) is 0 Å². The molecule has 36 heavy (non-hydrogen) atoms. The van der Waals surface area contributed by atoms with Crippen LogP contribution in [0.1, 0.15) is 44.7 Å². The van der Waals surface area contributed by atoms with Crippen LogP contribution in [0.3, 0.4) is 0 Å². The lowest BCUT2D eigenvalue weighted by Crippen LogP contribution is -2.48. The second kappa shape index (κ2) is 13.3. The summed E-state index contributed by atoms with van der Waals surface area (Å²) in [7, 11) is -3.53. The number of carbonyl (C=O) groups excluding carboxylic acids is 2.